The second kappa shape index (κ2) is 3.67. The first-order chi connectivity index (χ1) is 8.53. The maximum Gasteiger partial charge on any atom is 0.233 e. The Hall–Kier alpha value is -1.65. The molecule has 2 fully saturated rings. The molecular weight excluding hydrogens is 230 g/mol. The number of aryl methyl sites for hydroxylation is 1. The van der Waals surface area contributed by atoms with E-state index in [2.05, 4.69) is 9.97 Å². The standard InChI is InChI=1S/C13H17N3O2/c1-13(2)9-10(13)12(18)16(11(9)17)7-3-4-8-14-5-6-15-8/h5-6,9-10H,3-4,7H2,1-2H3,(H,14,15). The van der Waals surface area contributed by atoms with Gasteiger partial charge < -0.3 is 4.98 Å². The number of hydrogen-bond acceptors (Lipinski definition) is 3. The number of likely N-dealkylation sites (tertiary alicyclic amines) is 1. The van der Waals surface area contributed by atoms with Crippen molar-refractivity contribution < 1.29 is 9.59 Å². The average Bonchev–Trinajstić information content (AvgIpc) is 2.71. The van der Waals surface area contributed by atoms with Crippen molar-refractivity contribution in [3.05, 3.63) is 18.2 Å². The van der Waals surface area contributed by atoms with Crippen molar-refractivity contribution in [2.75, 3.05) is 6.54 Å². The van der Waals surface area contributed by atoms with Gasteiger partial charge in [-0.3, -0.25) is 14.5 Å². The molecule has 2 aliphatic rings. The lowest BCUT2D eigenvalue weighted by Gasteiger charge is -2.20. The molecule has 1 saturated heterocycles. The molecule has 1 aromatic rings. The van der Waals surface area contributed by atoms with Crippen molar-refractivity contribution in [3.8, 4) is 0 Å². The molecule has 96 valence electrons. The van der Waals surface area contributed by atoms with E-state index < -0.39 is 0 Å². The zero-order chi connectivity index (χ0) is 12.9. The highest BCUT2D eigenvalue weighted by atomic mass is 16.2. The molecule has 1 saturated carbocycles. The summed E-state index contributed by atoms with van der Waals surface area (Å²) in [6.45, 7) is 4.51. The van der Waals surface area contributed by atoms with E-state index >= 15 is 0 Å². The number of H-pyrrole nitrogens is 1. The molecule has 5 nitrogen and oxygen atoms in total. The number of carbonyl (C=O) groups excluding carboxylic acids is 2. The highest BCUT2D eigenvalue weighted by Crippen LogP contribution is 2.63. The van der Waals surface area contributed by atoms with Crippen molar-refractivity contribution in [3.63, 3.8) is 0 Å². The minimum absolute atomic E-state index is 0.0226. The molecule has 0 bridgehead atoms. The molecule has 2 heterocycles. The number of aromatic amines is 1. The van der Waals surface area contributed by atoms with Crippen LogP contribution in [0.15, 0.2) is 12.4 Å². The van der Waals surface area contributed by atoms with E-state index in [4.69, 9.17) is 0 Å². The van der Waals surface area contributed by atoms with Crippen molar-refractivity contribution in [1.82, 2.24) is 14.9 Å². The Bertz CT molecular complexity index is 468. The minimum atomic E-state index is -0.105. The van der Waals surface area contributed by atoms with E-state index in [0.717, 1.165) is 18.7 Å². The number of hydrogen-bond donors (Lipinski definition) is 1. The third-order valence-electron chi connectivity index (χ3n) is 4.24. The predicted octanol–water partition coefficient (Wildman–Crippen LogP) is 0.983. The molecule has 2 unspecified atom stereocenters. The fourth-order valence-corrected chi connectivity index (χ4v) is 3.06. The topological polar surface area (TPSA) is 66.1 Å². The Labute approximate surface area is 106 Å². The molecule has 3 rings (SSSR count). The van der Waals surface area contributed by atoms with Crippen LogP contribution in [0.5, 0.6) is 0 Å². The van der Waals surface area contributed by atoms with Gasteiger partial charge in [0.25, 0.3) is 0 Å². The van der Waals surface area contributed by atoms with Gasteiger partial charge in [0.15, 0.2) is 0 Å². The van der Waals surface area contributed by atoms with E-state index in [1.807, 2.05) is 13.8 Å². The summed E-state index contributed by atoms with van der Waals surface area (Å²) in [5.41, 5.74) is -0.105. The van der Waals surface area contributed by atoms with Gasteiger partial charge in [-0.2, -0.15) is 0 Å². The highest BCUT2D eigenvalue weighted by Gasteiger charge is 2.72. The van der Waals surface area contributed by atoms with Gasteiger partial charge in [-0.1, -0.05) is 13.8 Å². The lowest BCUT2D eigenvalue weighted by Crippen LogP contribution is -2.37. The summed E-state index contributed by atoms with van der Waals surface area (Å²) in [6, 6.07) is 0. The van der Waals surface area contributed by atoms with Crippen molar-refractivity contribution in [1.29, 1.82) is 0 Å². The molecule has 2 amide bonds. The third kappa shape index (κ3) is 1.50. The Morgan fingerprint density at radius 2 is 2.00 bits per heavy atom. The van der Waals surface area contributed by atoms with E-state index in [0.29, 0.717) is 6.54 Å². The molecule has 0 aromatic carbocycles. The molecular formula is C13H17N3O2. The number of nitrogens with one attached hydrogen (secondary N) is 1. The molecule has 18 heavy (non-hydrogen) atoms. The van der Waals surface area contributed by atoms with Gasteiger partial charge in [-0.15, -0.1) is 0 Å². The molecule has 5 heteroatoms. The molecule has 1 aromatic heterocycles. The number of rotatable bonds is 4. The molecule has 1 aliphatic heterocycles. The van der Waals surface area contributed by atoms with Crippen LogP contribution in [0.3, 0.4) is 0 Å². The zero-order valence-corrected chi connectivity index (χ0v) is 10.6. The first-order valence-electron chi connectivity index (χ1n) is 6.37. The van der Waals surface area contributed by atoms with Crippen LogP contribution in [0.2, 0.25) is 0 Å². The quantitative estimate of drug-likeness (QED) is 0.807. The van der Waals surface area contributed by atoms with Crippen molar-refractivity contribution in [2.24, 2.45) is 17.3 Å². The number of carbonyl (C=O) groups is 2. The summed E-state index contributed by atoms with van der Waals surface area (Å²) in [7, 11) is 0. The molecule has 1 N–H and O–H groups in total. The van der Waals surface area contributed by atoms with Crippen molar-refractivity contribution in [2.45, 2.75) is 26.7 Å². The monoisotopic (exact) mass is 247 g/mol. The lowest BCUT2D eigenvalue weighted by atomic mass is 10.1. The Balaban J connectivity index is 1.56. The van der Waals surface area contributed by atoms with Gasteiger partial charge in [-0.05, 0) is 11.8 Å². The van der Waals surface area contributed by atoms with Crippen LogP contribution in [0.1, 0.15) is 26.1 Å². The average molecular weight is 247 g/mol. The van der Waals surface area contributed by atoms with Gasteiger partial charge in [0.1, 0.15) is 5.82 Å². The predicted molar refractivity (Wildman–Crippen MR) is 64.4 cm³/mol. The third-order valence-corrected chi connectivity index (χ3v) is 4.24. The number of amides is 2. The maximum absolute atomic E-state index is 12.0. The fourth-order valence-electron chi connectivity index (χ4n) is 3.06. The van der Waals surface area contributed by atoms with Crippen LogP contribution >= 0.6 is 0 Å². The maximum atomic E-state index is 12.0. The smallest absolute Gasteiger partial charge is 0.233 e. The van der Waals surface area contributed by atoms with Crippen molar-refractivity contribution >= 4 is 11.8 Å². The second-order valence-corrected chi connectivity index (χ2v) is 5.74. The van der Waals surface area contributed by atoms with Crippen LogP contribution in [0.25, 0.3) is 0 Å². The summed E-state index contributed by atoms with van der Waals surface area (Å²) in [6.07, 6.45) is 5.02. The minimum Gasteiger partial charge on any atom is -0.349 e. The van der Waals surface area contributed by atoms with Gasteiger partial charge in [0, 0.05) is 25.4 Å². The number of fused-ring (bicyclic) bond motifs is 1. The number of nitrogens with zero attached hydrogens (tertiary/aromatic N) is 2. The van der Waals surface area contributed by atoms with E-state index in [1.54, 1.807) is 12.4 Å². The van der Waals surface area contributed by atoms with Gasteiger partial charge in [0.05, 0.1) is 11.8 Å². The van der Waals surface area contributed by atoms with Crippen LogP contribution in [-0.2, 0) is 16.0 Å². The van der Waals surface area contributed by atoms with Crippen LogP contribution in [0.4, 0.5) is 0 Å². The van der Waals surface area contributed by atoms with Gasteiger partial charge >= 0.3 is 0 Å². The van der Waals surface area contributed by atoms with Crippen LogP contribution < -0.4 is 0 Å². The second-order valence-electron chi connectivity index (χ2n) is 5.74. The van der Waals surface area contributed by atoms with Crippen LogP contribution in [-0.4, -0.2) is 33.2 Å². The summed E-state index contributed by atoms with van der Waals surface area (Å²) in [4.78, 5) is 32.7. The summed E-state index contributed by atoms with van der Waals surface area (Å²) in [5.74, 6) is 0.825. The Kier molecular flexibility index (Phi) is 2.33. The Morgan fingerprint density at radius 1 is 1.33 bits per heavy atom. The first-order valence-corrected chi connectivity index (χ1v) is 6.37. The Morgan fingerprint density at radius 3 is 2.56 bits per heavy atom. The zero-order valence-electron chi connectivity index (χ0n) is 10.6. The lowest BCUT2D eigenvalue weighted by molar-refractivity contribution is -0.143. The number of imidazole rings is 1. The number of piperidine rings is 1. The van der Waals surface area contributed by atoms with E-state index in [9.17, 15) is 9.59 Å². The van der Waals surface area contributed by atoms with E-state index in [-0.39, 0.29) is 29.1 Å². The van der Waals surface area contributed by atoms with Gasteiger partial charge in [0.2, 0.25) is 11.8 Å². The molecule has 1 aliphatic carbocycles. The fraction of sp³-hybridized carbons (Fsp3) is 0.615. The highest BCUT2D eigenvalue weighted by molar-refractivity contribution is 6.10. The molecule has 0 radical (unpaired) electrons. The molecule has 0 spiro atoms. The first kappa shape index (κ1) is 11.4. The SMILES string of the molecule is CC1(C)C2C(=O)N(CCCc3ncc[nH]3)C(=O)C21. The van der Waals surface area contributed by atoms with E-state index in [1.165, 1.54) is 4.90 Å². The number of imide groups is 1. The van der Waals surface area contributed by atoms with Gasteiger partial charge in [-0.25, -0.2) is 4.98 Å². The summed E-state index contributed by atoms with van der Waals surface area (Å²) in [5, 5.41) is 0. The molecule has 2 atom stereocenters. The summed E-state index contributed by atoms with van der Waals surface area (Å²) >= 11 is 0. The number of aromatic nitrogens is 2. The normalized spacial score (nSPS) is 28.7. The summed E-state index contributed by atoms with van der Waals surface area (Å²) < 4.78 is 0. The largest absolute Gasteiger partial charge is 0.349 e. The van der Waals surface area contributed by atoms with Crippen LogP contribution in [0, 0.1) is 17.3 Å².